The molecule has 0 spiro atoms. The first kappa shape index (κ1) is 25.6. The molecule has 9 heteroatoms. The highest BCUT2D eigenvalue weighted by molar-refractivity contribution is 8.00. The number of rotatable bonds is 8. The van der Waals surface area contributed by atoms with E-state index in [4.69, 9.17) is 4.74 Å². The first-order valence-corrected chi connectivity index (χ1v) is 11.9. The van der Waals surface area contributed by atoms with Gasteiger partial charge in [0.25, 0.3) is 11.8 Å². The number of carboxylic acids is 1. The van der Waals surface area contributed by atoms with E-state index in [0.29, 0.717) is 16.9 Å². The largest absolute Gasteiger partial charge is 0.496 e. The molecular formula is C25H30N2O6S. The van der Waals surface area contributed by atoms with Crippen molar-refractivity contribution < 1.29 is 29.3 Å². The van der Waals surface area contributed by atoms with Crippen LogP contribution < -0.4 is 10.1 Å². The molecule has 0 saturated carbocycles. The van der Waals surface area contributed by atoms with Gasteiger partial charge in [0.05, 0.1) is 19.0 Å². The van der Waals surface area contributed by atoms with E-state index in [1.54, 1.807) is 39.0 Å². The van der Waals surface area contributed by atoms with E-state index in [-0.39, 0.29) is 12.3 Å². The van der Waals surface area contributed by atoms with Crippen molar-refractivity contribution in [3.8, 4) is 5.75 Å². The Bertz CT molecular complexity index is 1060. The average Bonchev–Trinajstić information content (AvgIpc) is 3.13. The molecule has 1 aliphatic heterocycles. The number of hydrogen-bond donors (Lipinski definition) is 3. The van der Waals surface area contributed by atoms with Crippen LogP contribution in [0.5, 0.6) is 5.75 Å². The second-order valence-electron chi connectivity index (χ2n) is 8.77. The van der Waals surface area contributed by atoms with Crippen LogP contribution in [0.2, 0.25) is 0 Å². The number of nitrogens with one attached hydrogen (secondary N) is 1. The number of methoxy groups -OCH3 is 1. The van der Waals surface area contributed by atoms with Gasteiger partial charge in [0.15, 0.2) is 6.10 Å². The highest BCUT2D eigenvalue weighted by Crippen LogP contribution is 2.39. The summed E-state index contributed by atoms with van der Waals surface area (Å²) in [6, 6.07) is 12.2. The minimum Gasteiger partial charge on any atom is -0.496 e. The molecule has 0 bridgehead atoms. The van der Waals surface area contributed by atoms with Gasteiger partial charge in [-0.05, 0) is 44.9 Å². The van der Waals surface area contributed by atoms with Crippen molar-refractivity contribution in [2.24, 2.45) is 0 Å². The molecule has 2 amide bonds. The van der Waals surface area contributed by atoms with Crippen LogP contribution in [0, 0.1) is 6.92 Å². The summed E-state index contributed by atoms with van der Waals surface area (Å²) in [6.07, 6.45) is -1.45. The Labute approximate surface area is 203 Å². The van der Waals surface area contributed by atoms with Gasteiger partial charge in [-0.2, -0.15) is 0 Å². The fourth-order valence-corrected chi connectivity index (χ4v) is 5.30. The number of benzene rings is 2. The highest BCUT2D eigenvalue weighted by atomic mass is 32.2. The molecule has 3 rings (SSSR count). The fourth-order valence-electron chi connectivity index (χ4n) is 4.17. The summed E-state index contributed by atoms with van der Waals surface area (Å²) in [5.41, 5.74) is 1.80. The standard InChI is InChI=1S/C25H30N2O6S/c1-15-17(11-8-12-19(15)33-4)22(29)26-18(13-16-9-6-5-7-10-16)20(28)23(30)27-14-34-25(2,3)21(27)24(31)32/h5-12,18,20-21,28H,13-14H2,1-4H3,(H,26,29)(H,31,32). The third-order valence-electron chi connectivity index (χ3n) is 6.06. The molecule has 3 N–H and O–H groups in total. The predicted molar refractivity (Wildman–Crippen MR) is 130 cm³/mol. The lowest BCUT2D eigenvalue weighted by Gasteiger charge is -2.31. The van der Waals surface area contributed by atoms with Crippen LogP contribution in [0.25, 0.3) is 0 Å². The maximum Gasteiger partial charge on any atom is 0.327 e. The Morgan fingerprint density at radius 2 is 1.85 bits per heavy atom. The van der Waals surface area contributed by atoms with Gasteiger partial charge in [0.2, 0.25) is 0 Å². The van der Waals surface area contributed by atoms with Gasteiger partial charge in [0, 0.05) is 15.9 Å². The van der Waals surface area contributed by atoms with Crippen LogP contribution in [0.4, 0.5) is 0 Å². The monoisotopic (exact) mass is 486 g/mol. The molecule has 1 heterocycles. The molecule has 2 aromatic carbocycles. The lowest BCUT2D eigenvalue weighted by Crippen LogP contribution is -2.57. The minimum absolute atomic E-state index is 0.140. The Hall–Kier alpha value is -3.04. The third kappa shape index (κ3) is 5.37. The number of amides is 2. The Morgan fingerprint density at radius 3 is 2.47 bits per heavy atom. The van der Waals surface area contributed by atoms with E-state index < -0.39 is 40.7 Å². The van der Waals surface area contributed by atoms with E-state index in [1.165, 1.54) is 23.8 Å². The Balaban J connectivity index is 1.89. The topological polar surface area (TPSA) is 116 Å². The van der Waals surface area contributed by atoms with E-state index in [0.717, 1.165) is 5.56 Å². The summed E-state index contributed by atoms with van der Waals surface area (Å²) in [7, 11) is 1.51. The summed E-state index contributed by atoms with van der Waals surface area (Å²) >= 11 is 1.33. The highest BCUT2D eigenvalue weighted by Gasteiger charge is 2.50. The molecule has 0 aromatic heterocycles. The van der Waals surface area contributed by atoms with Gasteiger partial charge in [-0.25, -0.2) is 4.79 Å². The SMILES string of the molecule is COc1cccc(C(=O)NC(Cc2ccccc2)C(O)C(=O)N2CSC(C)(C)C2C(=O)O)c1C. The molecule has 0 radical (unpaired) electrons. The van der Waals surface area contributed by atoms with Crippen molar-refractivity contribution in [2.75, 3.05) is 13.0 Å². The fraction of sp³-hybridized carbons (Fsp3) is 0.400. The number of aliphatic carboxylic acids is 1. The minimum atomic E-state index is -1.63. The Morgan fingerprint density at radius 1 is 1.18 bits per heavy atom. The second-order valence-corrected chi connectivity index (χ2v) is 10.4. The third-order valence-corrected chi connectivity index (χ3v) is 7.44. The van der Waals surface area contributed by atoms with E-state index in [1.807, 2.05) is 30.3 Å². The number of carboxylic acid groups (broad SMARTS) is 1. The summed E-state index contributed by atoms with van der Waals surface area (Å²) in [5, 5.41) is 23.6. The van der Waals surface area contributed by atoms with Crippen molar-refractivity contribution in [3.63, 3.8) is 0 Å². The summed E-state index contributed by atoms with van der Waals surface area (Å²) in [4.78, 5) is 39.5. The van der Waals surface area contributed by atoms with Crippen molar-refractivity contribution in [2.45, 2.75) is 50.1 Å². The Kier molecular flexibility index (Phi) is 7.89. The van der Waals surface area contributed by atoms with Crippen LogP contribution >= 0.6 is 11.8 Å². The van der Waals surface area contributed by atoms with E-state index >= 15 is 0 Å². The van der Waals surface area contributed by atoms with Crippen molar-refractivity contribution in [1.82, 2.24) is 10.2 Å². The normalized spacial score (nSPS) is 18.7. The summed E-state index contributed by atoms with van der Waals surface area (Å²) in [6.45, 7) is 5.26. The average molecular weight is 487 g/mol. The number of hydrogen-bond acceptors (Lipinski definition) is 6. The van der Waals surface area contributed by atoms with Gasteiger partial charge >= 0.3 is 5.97 Å². The summed E-state index contributed by atoms with van der Waals surface area (Å²) in [5.74, 6) is -1.64. The molecule has 1 aliphatic rings. The lowest BCUT2D eigenvalue weighted by atomic mass is 9.97. The number of ether oxygens (including phenoxy) is 1. The number of nitrogens with zero attached hydrogens (tertiary/aromatic N) is 1. The van der Waals surface area contributed by atoms with Crippen molar-refractivity contribution >= 4 is 29.5 Å². The van der Waals surface area contributed by atoms with Crippen LogP contribution in [-0.4, -0.2) is 68.8 Å². The molecule has 182 valence electrons. The van der Waals surface area contributed by atoms with Gasteiger partial charge in [0.1, 0.15) is 11.8 Å². The second kappa shape index (κ2) is 10.5. The summed E-state index contributed by atoms with van der Waals surface area (Å²) < 4.78 is 4.58. The first-order valence-electron chi connectivity index (χ1n) is 10.9. The van der Waals surface area contributed by atoms with Crippen LogP contribution in [0.15, 0.2) is 48.5 Å². The van der Waals surface area contributed by atoms with Gasteiger partial charge in [-0.3, -0.25) is 9.59 Å². The number of aliphatic hydroxyl groups excluding tert-OH is 1. The molecular weight excluding hydrogens is 456 g/mol. The van der Waals surface area contributed by atoms with Crippen LogP contribution in [-0.2, 0) is 16.0 Å². The van der Waals surface area contributed by atoms with Crippen molar-refractivity contribution in [1.29, 1.82) is 0 Å². The quantitative estimate of drug-likeness (QED) is 0.525. The molecule has 3 unspecified atom stereocenters. The molecule has 1 saturated heterocycles. The zero-order valence-corrected chi connectivity index (χ0v) is 20.5. The van der Waals surface area contributed by atoms with Crippen molar-refractivity contribution in [3.05, 3.63) is 65.2 Å². The molecule has 8 nitrogen and oxygen atoms in total. The van der Waals surface area contributed by atoms with E-state index in [2.05, 4.69) is 5.32 Å². The number of carbonyl (C=O) groups excluding carboxylic acids is 2. The maximum atomic E-state index is 13.3. The number of thioether (sulfide) groups is 1. The molecule has 34 heavy (non-hydrogen) atoms. The molecule has 1 fully saturated rings. The number of aliphatic hydroxyl groups is 1. The zero-order valence-electron chi connectivity index (χ0n) is 19.6. The number of carbonyl (C=O) groups is 3. The molecule has 0 aliphatic carbocycles. The van der Waals surface area contributed by atoms with Crippen LogP contribution in [0.1, 0.15) is 35.3 Å². The lowest BCUT2D eigenvalue weighted by molar-refractivity contribution is -0.154. The smallest absolute Gasteiger partial charge is 0.327 e. The van der Waals surface area contributed by atoms with Gasteiger partial charge < -0.3 is 25.2 Å². The predicted octanol–water partition coefficient (Wildman–Crippen LogP) is 2.47. The van der Waals surface area contributed by atoms with Gasteiger partial charge in [-0.1, -0.05) is 36.4 Å². The first-order chi connectivity index (χ1) is 16.1. The molecule has 3 atom stereocenters. The van der Waals surface area contributed by atoms with Crippen LogP contribution in [0.3, 0.4) is 0 Å². The maximum absolute atomic E-state index is 13.3. The molecule has 2 aromatic rings. The zero-order chi connectivity index (χ0) is 25.0. The van der Waals surface area contributed by atoms with E-state index in [9.17, 15) is 24.6 Å². The van der Waals surface area contributed by atoms with Gasteiger partial charge in [-0.15, -0.1) is 11.8 Å².